The minimum Gasteiger partial charge on any atom is -0.377 e. The molecule has 0 aliphatic carbocycles. The van der Waals surface area contributed by atoms with Crippen LogP contribution in [0.5, 0.6) is 0 Å². The fraction of sp³-hybridized carbons (Fsp3) is 0.231. The molecule has 1 aliphatic heterocycles. The molecule has 0 amide bonds. The van der Waals surface area contributed by atoms with Gasteiger partial charge in [-0.2, -0.15) is 0 Å². The summed E-state index contributed by atoms with van der Waals surface area (Å²) < 4.78 is 2.39. The Labute approximate surface area is 92.8 Å². The van der Waals surface area contributed by atoms with Crippen LogP contribution in [0.2, 0.25) is 13.1 Å². The van der Waals surface area contributed by atoms with Crippen molar-refractivity contribution in [3.8, 4) is 0 Å². The van der Waals surface area contributed by atoms with Crippen molar-refractivity contribution in [1.82, 2.24) is 4.57 Å². The third-order valence-electron chi connectivity index (χ3n) is 2.93. The molecule has 1 aromatic rings. The maximum absolute atomic E-state index is 2.39. The number of allylic oxidation sites excluding steroid dienone is 2. The molecule has 0 saturated heterocycles. The van der Waals surface area contributed by atoms with Gasteiger partial charge in [-0.05, 0) is 37.1 Å². The Morgan fingerprint density at radius 1 is 1.00 bits per heavy atom. The lowest BCUT2D eigenvalue weighted by molar-refractivity contribution is 0.749. The second kappa shape index (κ2) is 4.07. The molecule has 0 bridgehead atoms. The largest absolute Gasteiger partial charge is 0.377 e. The van der Waals surface area contributed by atoms with Gasteiger partial charge in [0.15, 0.2) is 8.24 Å². The Hall–Kier alpha value is -1.28. The highest BCUT2D eigenvalue weighted by Gasteiger charge is 2.28. The molecule has 78 valence electrons. The quantitative estimate of drug-likeness (QED) is 0.686. The zero-order valence-electron chi connectivity index (χ0n) is 9.35. The summed E-state index contributed by atoms with van der Waals surface area (Å²) in [5.41, 5.74) is 0. The van der Waals surface area contributed by atoms with Crippen LogP contribution in [0, 0.1) is 0 Å². The van der Waals surface area contributed by atoms with Gasteiger partial charge in [-0.3, -0.25) is 0 Å². The summed E-state index contributed by atoms with van der Waals surface area (Å²) in [6.07, 6.45) is 9.95. The van der Waals surface area contributed by atoms with Crippen LogP contribution in [0.1, 0.15) is 6.42 Å². The van der Waals surface area contributed by atoms with Crippen LogP contribution in [-0.2, 0) is 0 Å². The maximum Gasteiger partial charge on any atom is 0.186 e. The van der Waals surface area contributed by atoms with Gasteiger partial charge in [0.25, 0.3) is 0 Å². The van der Waals surface area contributed by atoms with E-state index >= 15 is 0 Å². The van der Waals surface area contributed by atoms with Crippen LogP contribution in [0.3, 0.4) is 0 Å². The van der Waals surface area contributed by atoms with E-state index in [0.717, 1.165) is 6.42 Å². The molecule has 0 atom stereocenters. The molecule has 0 N–H and O–H groups in total. The molecule has 1 nitrogen and oxygen atoms in total. The highest BCUT2D eigenvalue weighted by atomic mass is 28.3. The SMILES string of the molecule is C[Si](C)(c1ccccc1)N1C=CCC=C1. The summed E-state index contributed by atoms with van der Waals surface area (Å²) >= 11 is 0. The summed E-state index contributed by atoms with van der Waals surface area (Å²) in [6.45, 7) is 4.75. The van der Waals surface area contributed by atoms with E-state index in [1.54, 1.807) is 0 Å². The van der Waals surface area contributed by atoms with Crippen LogP contribution >= 0.6 is 0 Å². The maximum atomic E-state index is 2.39. The van der Waals surface area contributed by atoms with Crippen LogP contribution in [-0.4, -0.2) is 12.8 Å². The summed E-state index contributed by atoms with van der Waals surface area (Å²) in [6, 6.07) is 10.8. The van der Waals surface area contributed by atoms with E-state index in [0.29, 0.717) is 0 Å². The highest BCUT2D eigenvalue weighted by Crippen LogP contribution is 2.15. The minimum absolute atomic E-state index is 1.07. The van der Waals surface area contributed by atoms with E-state index in [-0.39, 0.29) is 0 Å². The van der Waals surface area contributed by atoms with Crippen LogP contribution in [0.4, 0.5) is 0 Å². The molecule has 1 heterocycles. The molecule has 0 radical (unpaired) electrons. The Morgan fingerprint density at radius 3 is 2.20 bits per heavy atom. The molecule has 0 fully saturated rings. The topological polar surface area (TPSA) is 3.24 Å². The van der Waals surface area contributed by atoms with Gasteiger partial charge in [-0.25, -0.2) is 0 Å². The summed E-state index contributed by atoms with van der Waals surface area (Å²) in [5, 5.41) is 1.47. The standard InChI is InChI=1S/C13H17NSi/c1-15(2,13-9-5-3-6-10-13)14-11-7-4-8-12-14/h3,5-12H,4H2,1-2H3. The fourth-order valence-corrected chi connectivity index (χ4v) is 4.11. The van der Waals surface area contributed by atoms with E-state index in [1.165, 1.54) is 5.19 Å². The first-order chi connectivity index (χ1) is 7.21. The molecule has 0 spiro atoms. The van der Waals surface area contributed by atoms with Gasteiger partial charge in [0.1, 0.15) is 0 Å². The Balaban J connectivity index is 2.30. The lowest BCUT2D eigenvalue weighted by Crippen LogP contribution is -2.53. The molecule has 1 aromatic carbocycles. The van der Waals surface area contributed by atoms with Gasteiger partial charge in [0, 0.05) is 0 Å². The lowest BCUT2D eigenvalue weighted by atomic mass is 10.4. The van der Waals surface area contributed by atoms with Crippen LogP contribution < -0.4 is 5.19 Å². The molecular weight excluding hydrogens is 198 g/mol. The molecular formula is C13H17NSi. The molecule has 2 rings (SSSR count). The molecule has 0 unspecified atom stereocenters. The van der Waals surface area contributed by atoms with E-state index in [1.807, 2.05) is 0 Å². The first-order valence-electron chi connectivity index (χ1n) is 5.38. The third kappa shape index (κ3) is 2.05. The number of hydrogen-bond donors (Lipinski definition) is 0. The Morgan fingerprint density at radius 2 is 1.60 bits per heavy atom. The minimum atomic E-state index is -1.52. The summed E-state index contributed by atoms with van der Waals surface area (Å²) in [7, 11) is -1.52. The lowest BCUT2D eigenvalue weighted by Gasteiger charge is -2.34. The number of rotatable bonds is 2. The van der Waals surface area contributed by atoms with Gasteiger partial charge in [-0.1, -0.05) is 42.5 Å². The normalized spacial score (nSPS) is 15.7. The number of nitrogens with zero attached hydrogens (tertiary/aromatic N) is 1. The van der Waals surface area contributed by atoms with E-state index in [4.69, 9.17) is 0 Å². The van der Waals surface area contributed by atoms with Gasteiger partial charge < -0.3 is 4.57 Å². The van der Waals surface area contributed by atoms with Crippen LogP contribution in [0.25, 0.3) is 0 Å². The van der Waals surface area contributed by atoms with Gasteiger partial charge in [0.2, 0.25) is 0 Å². The van der Waals surface area contributed by atoms with Gasteiger partial charge in [-0.15, -0.1) is 0 Å². The fourth-order valence-electron chi connectivity index (χ4n) is 1.84. The zero-order chi connectivity index (χ0) is 10.7. The molecule has 15 heavy (non-hydrogen) atoms. The second-order valence-corrected chi connectivity index (χ2v) is 8.55. The monoisotopic (exact) mass is 215 g/mol. The van der Waals surface area contributed by atoms with Crippen molar-refractivity contribution in [1.29, 1.82) is 0 Å². The molecule has 1 aliphatic rings. The zero-order valence-corrected chi connectivity index (χ0v) is 10.4. The van der Waals surface area contributed by atoms with Crippen molar-refractivity contribution < 1.29 is 0 Å². The predicted octanol–water partition coefficient (Wildman–Crippen LogP) is 2.83. The van der Waals surface area contributed by atoms with E-state index < -0.39 is 8.24 Å². The average Bonchev–Trinajstić information content (AvgIpc) is 2.31. The molecule has 0 saturated carbocycles. The third-order valence-corrected chi connectivity index (χ3v) is 6.27. The highest BCUT2D eigenvalue weighted by molar-refractivity contribution is 6.87. The first kappa shape index (κ1) is 10.2. The molecule has 0 aromatic heterocycles. The van der Waals surface area contributed by atoms with Crippen molar-refractivity contribution in [2.45, 2.75) is 19.5 Å². The van der Waals surface area contributed by atoms with Crippen molar-refractivity contribution in [3.63, 3.8) is 0 Å². The van der Waals surface area contributed by atoms with Crippen molar-refractivity contribution >= 4 is 13.4 Å². The van der Waals surface area contributed by atoms with Crippen molar-refractivity contribution in [2.75, 3.05) is 0 Å². The summed E-state index contributed by atoms with van der Waals surface area (Å²) in [4.78, 5) is 0. The van der Waals surface area contributed by atoms with Crippen molar-refractivity contribution in [2.24, 2.45) is 0 Å². The van der Waals surface area contributed by atoms with E-state index in [9.17, 15) is 0 Å². The number of benzene rings is 1. The smallest absolute Gasteiger partial charge is 0.186 e. The number of hydrogen-bond acceptors (Lipinski definition) is 1. The molecule has 2 heteroatoms. The van der Waals surface area contributed by atoms with Gasteiger partial charge in [0.05, 0.1) is 0 Å². The second-order valence-electron chi connectivity index (χ2n) is 4.34. The van der Waals surface area contributed by atoms with E-state index in [2.05, 4.69) is 72.5 Å². The summed E-state index contributed by atoms with van der Waals surface area (Å²) in [5.74, 6) is 0. The predicted molar refractivity (Wildman–Crippen MR) is 68.3 cm³/mol. The Bertz CT molecular complexity index is 367. The van der Waals surface area contributed by atoms with Crippen LogP contribution in [0.15, 0.2) is 54.9 Å². The van der Waals surface area contributed by atoms with Gasteiger partial charge >= 0.3 is 0 Å². The average molecular weight is 215 g/mol. The first-order valence-corrected chi connectivity index (χ1v) is 8.33. The van der Waals surface area contributed by atoms with Crippen molar-refractivity contribution in [3.05, 3.63) is 54.9 Å². The Kier molecular flexibility index (Phi) is 2.78.